The molecule has 0 aromatic heterocycles. The van der Waals surface area contributed by atoms with Gasteiger partial charge < -0.3 is 41.5 Å². The van der Waals surface area contributed by atoms with Crippen molar-refractivity contribution in [1.82, 2.24) is 16.0 Å². The number of likely N-dealkylation sites (N-methyl/N-ethyl adjacent to an activating group) is 1. The Morgan fingerprint density at radius 2 is 1.59 bits per heavy atom. The Bertz CT molecular complexity index is 534. The number of aliphatic hydroxyl groups excluding tert-OH is 3. The van der Waals surface area contributed by atoms with Gasteiger partial charge in [0.25, 0.3) is 0 Å². The van der Waals surface area contributed by atoms with Crippen LogP contribution in [-0.4, -0.2) is 105 Å². The topological polar surface area (TPSA) is 206 Å². The molecule has 0 spiro atoms. The first-order valence-electron chi connectivity index (χ1n) is 7.78. The molecule has 0 fully saturated rings. The van der Waals surface area contributed by atoms with Crippen LogP contribution in [0.3, 0.4) is 0 Å². The lowest BCUT2D eigenvalue weighted by Gasteiger charge is -2.22. The number of aliphatic hydroxyl groups is 3. The van der Waals surface area contributed by atoms with Crippen LogP contribution in [0.1, 0.15) is 6.42 Å². The highest BCUT2D eigenvalue weighted by molar-refractivity contribution is 7.98. The minimum Gasteiger partial charge on any atom is -0.480 e. The van der Waals surface area contributed by atoms with E-state index in [2.05, 4.69) is 16.0 Å². The van der Waals surface area contributed by atoms with E-state index in [0.29, 0.717) is 0 Å². The summed E-state index contributed by atoms with van der Waals surface area (Å²) < 4.78 is 0. The largest absolute Gasteiger partial charge is 0.480 e. The molecule has 0 aliphatic carbocycles. The number of carboxylic acids is 2. The number of carbonyl (C=O) groups excluding carboxylic acids is 2. The number of rotatable bonds is 13. The van der Waals surface area contributed by atoms with E-state index in [4.69, 9.17) is 15.3 Å². The Balaban J connectivity index is 4.61. The normalized spacial score (nSPS) is 16.5. The maximum absolute atomic E-state index is 12.1. The number of carboxylic acid groups (broad SMARTS) is 2. The molecular formula is C14H25N3O9S. The second-order valence-corrected chi connectivity index (χ2v) is 6.46. The fourth-order valence-electron chi connectivity index (χ4n) is 1.89. The third kappa shape index (κ3) is 9.01. The van der Waals surface area contributed by atoms with Gasteiger partial charge in [-0.3, -0.25) is 9.59 Å². The van der Waals surface area contributed by atoms with Crippen molar-refractivity contribution in [1.29, 1.82) is 0 Å². The van der Waals surface area contributed by atoms with Gasteiger partial charge in [-0.2, -0.15) is 11.8 Å². The maximum atomic E-state index is 12.1. The number of hydrogen-bond donors (Lipinski definition) is 8. The minimum atomic E-state index is -2.22. The smallest absolute Gasteiger partial charge is 0.335 e. The zero-order valence-electron chi connectivity index (χ0n) is 14.8. The number of nitrogens with one attached hydrogen (secondary N) is 3. The second kappa shape index (κ2) is 12.5. The molecule has 12 nitrogen and oxygen atoms in total. The van der Waals surface area contributed by atoms with Crippen molar-refractivity contribution >= 4 is 35.5 Å². The summed E-state index contributed by atoms with van der Waals surface area (Å²) >= 11 is 1.22. The molecule has 2 amide bonds. The van der Waals surface area contributed by atoms with Crippen LogP contribution in [0.2, 0.25) is 0 Å². The molecule has 0 heterocycles. The molecule has 0 radical (unpaired) electrons. The van der Waals surface area contributed by atoms with Crippen LogP contribution in [0.15, 0.2) is 0 Å². The first kappa shape index (κ1) is 25.1. The Hall–Kier alpha value is -1.93. The molecule has 27 heavy (non-hydrogen) atoms. The summed E-state index contributed by atoms with van der Waals surface area (Å²) in [6.07, 6.45) is -4.73. The van der Waals surface area contributed by atoms with Crippen molar-refractivity contribution in [3.8, 4) is 0 Å². The summed E-state index contributed by atoms with van der Waals surface area (Å²) in [6.45, 7) is -0.563. The van der Waals surface area contributed by atoms with Gasteiger partial charge in [-0.25, -0.2) is 9.59 Å². The number of hydrogen-bond acceptors (Lipinski definition) is 9. The average molecular weight is 411 g/mol. The van der Waals surface area contributed by atoms with Gasteiger partial charge in [0, 0.05) is 12.3 Å². The van der Waals surface area contributed by atoms with Gasteiger partial charge in [-0.1, -0.05) is 0 Å². The number of amides is 2. The van der Waals surface area contributed by atoms with Gasteiger partial charge in [-0.15, -0.1) is 0 Å². The van der Waals surface area contributed by atoms with E-state index in [0.717, 1.165) is 0 Å². The highest BCUT2D eigenvalue weighted by Crippen LogP contribution is 2.02. The van der Waals surface area contributed by atoms with E-state index < -0.39 is 67.1 Å². The number of aliphatic carboxylic acids is 2. The van der Waals surface area contributed by atoms with Crippen molar-refractivity contribution in [2.24, 2.45) is 0 Å². The summed E-state index contributed by atoms with van der Waals surface area (Å²) in [6, 6.07) is -2.18. The second-order valence-electron chi connectivity index (χ2n) is 5.55. The lowest BCUT2D eigenvalue weighted by molar-refractivity contribution is -0.157. The molecule has 0 unspecified atom stereocenters. The fourth-order valence-corrected chi connectivity index (χ4v) is 2.45. The Labute approximate surface area is 159 Å². The quantitative estimate of drug-likeness (QED) is 0.147. The molecule has 5 atom stereocenters. The van der Waals surface area contributed by atoms with E-state index in [9.17, 15) is 29.4 Å². The molecule has 0 aromatic carbocycles. The predicted octanol–water partition coefficient (Wildman–Crippen LogP) is -3.82. The van der Waals surface area contributed by atoms with Crippen LogP contribution in [0.5, 0.6) is 0 Å². The van der Waals surface area contributed by atoms with E-state index in [-0.39, 0.29) is 5.75 Å². The van der Waals surface area contributed by atoms with Crippen LogP contribution in [0.25, 0.3) is 0 Å². The molecule has 0 aliphatic rings. The molecule has 0 rings (SSSR count). The average Bonchev–Trinajstić information content (AvgIpc) is 2.61. The minimum absolute atomic E-state index is 0.139. The third-order valence-electron chi connectivity index (χ3n) is 3.48. The highest BCUT2D eigenvalue weighted by Gasteiger charge is 2.31. The number of thioether (sulfide) groups is 1. The van der Waals surface area contributed by atoms with Crippen molar-refractivity contribution in [2.45, 2.75) is 36.8 Å². The zero-order chi connectivity index (χ0) is 21.1. The Kier molecular flexibility index (Phi) is 11.6. The van der Waals surface area contributed by atoms with E-state index in [1.807, 2.05) is 0 Å². The lowest BCUT2D eigenvalue weighted by Crippen LogP contribution is -2.52. The van der Waals surface area contributed by atoms with Gasteiger partial charge in [0.05, 0.1) is 12.5 Å². The van der Waals surface area contributed by atoms with Gasteiger partial charge >= 0.3 is 11.9 Å². The molecule has 0 bridgehead atoms. The summed E-state index contributed by atoms with van der Waals surface area (Å²) in [5, 5.41) is 52.7. The molecule has 0 saturated heterocycles. The van der Waals surface area contributed by atoms with Crippen molar-refractivity contribution in [3.63, 3.8) is 0 Å². The summed E-state index contributed by atoms with van der Waals surface area (Å²) in [7, 11) is 1.39. The molecule has 0 saturated carbocycles. The van der Waals surface area contributed by atoms with Gasteiger partial charge in [0.15, 0.2) is 6.10 Å². The summed E-state index contributed by atoms with van der Waals surface area (Å²) in [4.78, 5) is 45.5. The first-order valence-corrected chi connectivity index (χ1v) is 9.17. The Morgan fingerprint density at radius 3 is 2.04 bits per heavy atom. The lowest BCUT2D eigenvalue weighted by atomic mass is 10.1. The Morgan fingerprint density at radius 1 is 1.00 bits per heavy atom. The molecule has 156 valence electrons. The van der Waals surface area contributed by atoms with Crippen LogP contribution in [0.4, 0.5) is 0 Å². The maximum Gasteiger partial charge on any atom is 0.335 e. The van der Waals surface area contributed by atoms with Crippen molar-refractivity contribution in [2.75, 3.05) is 25.6 Å². The van der Waals surface area contributed by atoms with Gasteiger partial charge in [0.2, 0.25) is 11.8 Å². The molecular weight excluding hydrogens is 386 g/mol. The molecule has 0 aliphatic heterocycles. The number of carbonyl (C=O) groups is 4. The third-order valence-corrected chi connectivity index (χ3v) is 4.15. The summed E-state index contributed by atoms with van der Waals surface area (Å²) in [5.41, 5.74) is 0. The van der Waals surface area contributed by atoms with E-state index >= 15 is 0 Å². The SMILES string of the molecule is CN[C@@H](CC(=O)NC[C@H](O)[C@@H](O)[C@H](O)C(=O)O)C(=O)N[C@@H](CSC)C(=O)O. The zero-order valence-corrected chi connectivity index (χ0v) is 15.6. The standard InChI is InChI=1S/C14H25N3O9S/c1-15-6(12(22)17-7(5-27-2)13(23)24)3-9(19)16-4-8(18)10(20)11(21)14(25)26/h6-8,10-11,15,18,20-21H,3-5H2,1-2H3,(H,16,19)(H,17,22)(H,23,24)(H,25,26)/t6-,7-,8-,10+,11-/m0/s1. The molecule has 8 N–H and O–H groups in total. The van der Waals surface area contributed by atoms with Crippen molar-refractivity contribution in [3.05, 3.63) is 0 Å². The van der Waals surface area contributed by atoms with Crippen LogP contribution >= 0.6 is 11.8 Å². The van der Waals surface area contributed by atoms with Crippen molar-refractivity contribution < 1.29 is 44.7 Å². The fraction of sp³-hybridized carbons (Fsp3) is 0.714. The van der Waals surface area contributed by atoms with Gasteiger partial charge in [0.1, 0.15) is 18.2 Å². The van der Waals surface area contributed by atoms with Gasteiger partial charge in [-0.05, 0) is 13.3 Å². The van der Waals surface area contributed by atoms with Crippen LogP contribution < -0.4 is 16.0 Å². The van der Waals surface area contributed by atoms with E-state index in [1.165, 1.54) is 18.8 Å². The summed E-state index contributed by atoms with van der Waals surface area (Å²) in [5.74, 6) is -4.25. The predicted molar refractivity (Wildman–Crippen MR) is 94.1 cm³/mol. The highest BCUT2D eigenvalue weighted by atomic mass is 32.2. The van der Waals surface area contributed by atoms with Crippen LogP contribution in [-0.2, 0) is 19.2 Å². The first-order chi connectivity index (χ1) is 12.5. The molecule has 13 heteroatoms. The van der Waals surface area contributed by atoms with Crippen LogP contribution in [0, 0.1) is 0 Å². The monoisotopic (exact) mass is 411 g/mol. The van der Waals surface area contributed by atoms with E-state index in [1.54, 1.807) is 6.26 Å². The molecule has 0 aromatic rings.